The Morgan fingerprint density at radius 2 is 1.62 bits per heavy atom. The maximum Gasteiger partial charge on any atom is 0.251 e. The van der Waals surface area contributed by atoms with Crippen molar-refractivity contribution < 1.29 is 9.59 Å². The number of benzene rings is 2. The standard InChI is InChI=1S/C19H21ClN2O2/c1-14-4-6-15(7-5-14)13-22-18(23)3-2-12-21-19(24)16-8-10-17(20)11-9-16/h4-11H,2-3,12-13H2,1H3,(H,21,24)(H,22,23). The summed E-state index contributed by atoms with van der Waals surface area (Å²) >= 11 is 5.78. The number of aryl methyl sites for hydroxylation is 1. The van der Waals surface area contributed by atoms with E-state index in [2.05, 4.69) is 10.6 Å². The maximum atomic E-state index is 11.9. The molecule has 0 fully saturated rings. The highest BCUT2D eigenvalue weighted by atomic mass is 35.5. The van der Waals surface area contributed by atoms with Crippen molar-refractivity contribution in [3.05, 3.63) is 70.2 Å². The van der Waals surface area contributed by atoms with E-state index in [1.54, 1.807) is 24.3 Å². The molecule has 2 N–H and O–H groups in total. The Labute approximate surface area is 147 Å². The van der Waals surface area contributed by atoms with Crippen LogP contribution in [-0.4, -0.2) is 18.4 Å². The van der Waals surface area contributed by atoms with Crippen LogP contribution in [0, 0.1) is 6.92 Å². The number of halogens is 1. The Bertz CT molecular complexity index is 682. The SMILES string of the molecule is Cc1ccc(CNC(=O)CCCNC(=O)c2ccc(Cl)cc2)cc1. The van der Waals surface area contributed by atoms with Crippen molar-refractivity contribution in [3.63, 3.8) is 0 Å². The molecule has 2 aromatic rings. The second-order valence-corrected chi connectivity index (χ2v) is 6.07. The number of hydrogen-bond donors (Lipinski definition) is 2. The van der Waals surface area contributed by atoms with Crippen LogP contribution in [0.4, 0.5) is 0 Å². The van der Waals surface area contributed by atoms with E-state index in [1.807, 2.05) is 31.2 Å². The highest BCUT2D eigenvalue weighted by Crippen LogP contribution is 2.09. The van der Waals surface area contributed by atoms with Crippen molar-refractivity contribution in [2.45, 2.75) is 26.3 Å². The number of rotatable bonds is 7. The van der Waals surface area contributed by atoms with Gasteiger partial charge in [0.05, 0.1) is 0 Å². The molecule has 4 nitrogen and oxygen atoms in total. The molecule has 0 saturated carbocycles. The molecule has 126 valence electrons. The third kappa shape index (κ3) is 6.05. The summed E-state index contributed by atoms with van der Waals surface area (Å²) in [6.45, 7) is 3.01. The minimum absolute atomic E-state index is 0.0173. The first-order chi connectivity index (χ1) is 11.5. The molecule has 0 radical (unpaired) electrons. The average molecular weight is 345 g/mol. The molecule has 5 heteroatoms. The number of amides is 2. The van der Waals surface area contributed by atoms with Gasteiger partial charge in [0.1, 0.15) is 0 Å². The zero-order valence-electron chi connectivity index (χ0n) is 13.6. The summed E-state index contributed by atoms with van der Waals surface area (Å²) in [6, 6.07) is 14.7. The zero-order chi connectivity index (χ0) is 17.4. The molecule has 0 heterocycles. The average Bonchev–Trinajstić information content (AvgIpc) is 2.58. The Morgan fingerprint density at radius 1 is 0.958 bits per heavy atom. The summed E-state index contributed by atoms with van der Waals surface area (Å²) in [5.74, 6) is -0.178. The van der Waals surface area contributed by atoms with Crippen molar-refractivity contribution in [2.75, 3.05) is 6.54 Å². The third-order valence-corrected chi connectivity index (χ3v) is 3.83. The first kappa shape index (κ1) is 18.0. The minimum Gasteiger partial charge on any atom is -0.352 e. The molecular formula is C19H21ClN2O2. The predicted octanol–water partition coefficient (Wildman–Crippen LogP) is 3.47. The maximum absolute atomic E-state index is 11.9. The van der Waals surface area contributed by atoms with Crippen LogP contribution >= 0.6 is 11.6 Å². The summed E-state index contributed by atoms with van der Waals surface area (Å²) in [5, 5.41) is 6.26. The molecule has 2 rings (SSSR count). The summed E-state index contributed by atoms with van der Waals surface area (Å²) in [4.78, 5) is 23.7. The van der Waals surface area contributed by atoms with E-state index in [9.17, 15) is 9.59 Å². The van der Waals surface area contributed by atoms with E-state index in [0.717, 1.165) is 5.56 Å². The van der Waals surface area contributed by atoms with Crippen molar-refractivity contribution >= 4 is 23.4 Å². The molecular weight excluding hydrogens is 324 g/mol. The van der Waals surface area contributed by atoms with E-state index in [1.165, 1.54) is 5.56 Å². The number of hydrogen-bond acceptors (Lipinski definition) is 2. The lowest BCUT2D eigenvalue weighted by Crippen LogP contribution is -2.27. The molecule has 0 aromatic heterocycles. The van der Waals surface area contributed by atoms with Crippen molar-refractivity contribution in [1.82, 2.24) is 10.6 Å². The highest BCUT2D eigenvalue weighted by molar-refractivity contribution is 6.30. The molecule has 0 unspecified atom stereocenters. The fraction of sp³-hybridized carbons (Fsp3) is 0.263. The van der Waals surface area contributed by atoms with Crippen LogP contribution in [0.1, 0.15) is 34.3 Å². The second kappa shape index (κ2) is 9.08. The van der Waals surface area contributed by atoms with Crippen LogP contribution in [0.5, 0.6) is 0 Å². The van der Waals surface area contributed by atoms with Crippen LogP contribution in [0.15, 0.2) is 48.5 Å². The lowest BCUT2D eigenvalue weighted by molar-refractivity contribution is -0.121. The van der Waals surface area contributed by atoms with E-state index in [0.29, 0.717) is 36.5 Å². The third-order valence-electron chi connectivity index (χ3n) is 3.58. The van der Waals surface area contributed by atoms with Gasteiger partial charge in [-0.3, -0.25) is 9.59 Å². The summed E-state index contributed by atoms with van der Waals surface area (Å²) in [7, 11) is 0. The van der Waals surface area contributed by atoms with Gasteiger partial charge in [-0.25, -0.2) is 0 Å². The summed E-state index contributed by atoms with van der Waals surface area (Å²) < 4.78 is 0. The molecule has 0 atom stereocenters. The van der Waals surface area contributed by atoms with Gasteiger partial charge in [-0.1, -0.05) is 41.4 Å². The van der Waals surface area contributed by atoms with Gasteiger partial charge in [-0.05, 0) is 43.2 Å². The van der Waals surface area contributed by atoms with Gasteiger partial charge in [-0.2, -0.15) is 0 Å². The fourth-order valence-electron chi connectivity index (χ4n) is 2.15. The minimum atomic E-state index is -0.160. The van der Waals surface area contributed by atoms with Gasteiger partial charge >= 0.3 is 0 Å². The molecule has 0 saturated heterocycles. The molecule has 2 aromatic carbocycles. The molecule has 2 amide bonds. The van der Waals surface area contributed by atoms with E-state index in [4.69, 9.17) is 11.6 Å². The Balaban J connectivity index is 1.63. The Morgan fingerprint density at radius 3 is 2.29 bits per heavy atom. The van der Waals surface area contributed by atoms with Gasteiger partial charge < -0.3 is 10.6 Å². The van der Waals surface area contributed by atoms with Gasteiger partial charge in [-0.15, -0.1) is 0 Å². The van der Waals surface area contributed by atoms with Crippen molar-refractivity contribution in [3.8, 4) is 0 Å². The number of carbonyl (C=O) groups is 2. The number of carbonyl (C=O) groups excluding carboxylic acids is 2. The highest BCUT2D eigenvalue weighted by Gasteiger charge is 2.05. The molecule has 0 bridgehead atoms. The first-order valence-electron chi connectivity index (χ1n) is 7.90. The monoisotopic (exact) mass is 344 g/mol. The quantitative estimate of drug-likeness (QED) is 0.755. The second-order valence-electron chi connectivity index (χ2n) is 5.63. The normalized spacial score (nSPS) is 10.2. The smallest absolute Gasteiger partial charge is 0.251 e. The predicted molar refractivity (Wildman–Crippen MR) is 96.0 cm³/mol. The van der Waals surface area contributed by atoms with E-state index < -0.39 is 0 Å². The Hall–Kier alpha value is -2.33. The zero-order valence-corrected chi connectivity index (χ0v) is 14.4. The van der Waals surface area contributed by atoms with Crippen LogP contribution in [0.25, 0.3) is 0 Å². The van der Waals surface area contributed by atoms with Crippen LogP contribution in [0.2, 0.25) is 5.02 Å². The summed E-state index contributed by atoms with van der Waals surface area (Å²) in [5.41, 5.74) is 2.83. The van der Waals surface area contributed by atoms with Gasteiger partial charge in [0.2, 0.25) is 5.91 Å². The van der Waals surface area contributed by atoms with Crippen molar-refractivity contribution in [2.24, 2.45) is 0 Å². The van der Waals surface area contributed by atoms with Crippen LogP contribution in [-0.2, 0) is 11.3 Å². The topological polar surface area (TPSA) is 58.2 Å². The first-order valence-corrected chi connectivity index (χ1v) is 8.28. The van der Waals surface area contributed by atoms with Crippen LogP contribution in [0.3, 0.4) is 0 Å². The van der Waals surface area contributed by atoms with Gasteiger partial charge in [0.15, 0.2) is 0 Å². The molecule has 0 aliphatic heterocycles. The van der Waals surface area contributed by atoms with E-state index in [-0.39, 0.29) is 11.8 Å². The largest absolute Gasteiger partial charge is 0.352 e. The number of nitrogens with one attached hydrogen (secondary N) is 2. The molecule has 24 heavy (non-hydrogen) atoms. The lowest BCUT2D eigenvalue weighted by Gasteiger charge is -2.07. The van der Waals surface area contributed by atoms with Gasteiger partial charge in [0, 0.05) is 30.1 Å². The fourth-order valence-corrected chi connectivity index (χ4v) is 2.28. The lowest BCUT2D eigenvalue weighted by atomic mass is 10.1. The van der Waals surface area contributed by atoms with Gasteiger partial charge in [0.25, 0.3) is 5.91 Å². The van der Waals surface area contributed by atoms with Crippen molar-refractivity contribution in [1.29, 1.82) is 0 Å². The summed E-state index contributed by atoms with van der Waals surface area (Å²) in [6.07, 6.45) is 0.978. The molecule has 0 aliphatic rings. The molecule has 0 aliphatic carbocycles. The van der Waals surface area contributed by atoms with Crippen LogP contribution < -0.4 is 10.6 Å². The Kier molecular flexibility index (Phi) is 6.82. The molecule has 0 spiro atoms. The van der Waals surface area contributed by atoms with E-state index >= 15 is 0 Å².